The van der Waals surface area contributed by atoms with Crippen LogP contribution in [0.3, 0.4) is 0 Å². The summed E-state index contributed by atoms with van der Waals surface area (Å²) in [6.45, 7) is 5.07. The molecule has 8 nitrogen and oxygen atoms in total. The monoisotopic (exact) mass is 520 g/mol. The molecule has 2 saturated heterocycles. The van der Waals surface area contributed by atoms with Gasteiger partial charge >= 0.3 is 6.03 Å². The van der Waals surface area contributed by atoms with Crippen molar-refractivity contribution in [1.29, 1.82) is 0 Å². The van der Waals surface area contributed by atoms with Crippen LogP contribution in [0.1, 0.15) is 55.5 Å². The van der Waals surface area contributed by atoms with E-state index in [0.29, 0.717) is 40.7 Å². The Morgan fingerprint density at radius 2 is 1.92 bits per heavy atom. The van der Waals surface area contributed by atoms with Gasteiger partial charge in [0, 0.05) is 29.6 Å². The lowest BCUT2D eigenvalue weighted by Crippen LogP contribution is -2.53. The molecule has 3 aliphatic rings. The smallest absolute Gasteiger partial charge is 0.328 e. The number of hydrogen-bond acceptors (Lipinski definition) is 5. The van der Waals surface area contributed by atoms with E-state index >= 15 is 4.39 Å². The zero-order chi connectivity index (χ0) is 26.6. The number of urea groups is 1. The zero-order valence-corrected chi connectivity index (χ0v) is 21.8. The Morgan fingerprint density at radius 3 is 2.66 bits per heavy atom. The molecule has 0 bridgehead atoms. The Kier molecular flexibility index (Phi) is 6.06. The Morgan fingerprint density at radius 1 is 1.13 bits per heavy atom. The number of ether oxygens (including phenoxy) is 1. The van der Waals surface area contributed by atoms with Gasteiger partial charge < -0.3 is 19.7 Å². The van der Waals surface area contributed by atoms with E-state index in [1.807, 2.05) is 6.07 Å². The molecule has 0 aliphatic carbocycles. The van der Waals surface area contributed by atoms with E-state index in [1.54, 1.807) is 42.2 Å². The minimum Gasteiger partial charge on any atom is -0.508 e. The number of fused-ring (bicyclic) bond motifs is 4. The zero-order valence-electron chi connectivity index (χ0n) is 21.8. The average molecular weight is 521 g/mol. The van der Waals surface area contributed by atoms with Gasteiger partial charge in [-0.05, 0) is 81.2 Å². The maximum absolute atomic E-state index is 15.6. The molecule has 9 heteroatoms. The summed E-state index contributed by atoms with van der Waals surface area (Å²) in [5, 5.41) is 10.7. The number of phenols is 1. The van der Waals surface area contributed by atoms with Crippen molar-refractivity contribution in [2.24, 2.45) is 0 Å². The summed E-state index contributed by atoms with van der Waals surface area (Å²) in [6, 6.07) is 8.95. The second-order valence-corrected chi connectivity index (χ2v) is 10.8. The molecule has 2 atom stereocenters. The molecule has 2 fully saturated rings. The van der Waals surface area contributed by atoms with Crippen molar-refractivity contribution in [3.63, 3.8) is 0 Å². The number of aromatic hydroxyl groups is 1. The Balaban J connectivity index is 1.42. The van der Waals surface area contributed by atoms with E-state index in [9.17, 15) is 14.7 Å². The molecule has 1 aromatic heterocycles. The van der Waals surface area contributed by atoms with Crippen molar-refractivity contribution in [3.8, 4) is 11.5 Å². The molecule has 3 aliphatic heterocycles. The van der Waals surface area contributed by atoms with Gasteiger partial charge in [-0.3, -0.25) is 14.6 Å². The Hall–Kier alpha value is -3.59. The number of halogens is 1. The third-order valence-corrected chi connectivity index (χ3v) is 8.44. The van der Waals surface area contributed by atoms with E-state index in [0.717, 1.165) is 19.6 Å². The highest BCUT2D eigenvalue weighted by atomic mass is 19.1. The summed E-state index contributed by atoms with van der Waals surface area (Å²) in [6.07, 6.45) is 4.51. The van der Waals surface area contributed by atoms with Crippen LogP contribution < -0.4 is 4.74 Å². The van der Waals surface area contributed by atoms with Gasteiger partial charge in [0.25, 0.3) is 5.91 Å². The SMILES string of the molecule is COc1ccc2[nH]c3c(c2c1F)CC1(C)C(=O)N(CCCN2CCCCC2)C(=O)N1C3c1cccc(O)c1. The number of piperidine rings is 1. The summed E-state index contributed by atoms with van der Waals surface area (Å²) in [4.78, 5) is 36.6. The number of aromatic amines is 1. The minimum atomic E-state index is -1.20. The number of methoxy groups -OCH3 is 1. The topological polar surface area (TPSA) is 89.1 Å². The van der Waals surface area contributed by atoms with Crippen molar-refractivity contribution >= 4 is 22.8 Å². The first-order valence-electron chi connectivity index (χ1n) is 13.4. The highest BCUT2D eigenvalue weighted by Gasteiger charge is 2.60. The molecular weight excluding hydrogens is 487 g/mol. The summed E-state index contributed by atoms with van der Waals surface area (Å²) < 4.78 is 20.8. The van der Waals surface area contributed by atoms with Gasteiger partial charge in [-0.25, -0.2) is 9.18 Å². The van der Waals surface area contributed by atoms with Gasteiger partial charge in [0.15, 0.2) is 11.6 Å². The van der Waals surface area contributed by atoms with Gasteiger partial charge in [0.2, 0.25) is 0 Å². The number of aromatic nitrogens is 1. The van der Waals surface area contributed by atoms with Crippen LogP contribution in [0.25, 0.3) is 10.9 Å². The van der Waals surface area contributed by atoms with E-state index < -0.39 is 17.4 Å². The lowest BCUT2D eigenvalue weighted by molar-refractivity contribution is -0.133. The fourth-order valence-corrected chi connectivity index (χ4v) is 6.58. The quantitative estimate of drug-likeness (QED) is 0.465. The van der Waals surface area contributed by atoms with Gasteiger partial charge in [0.1, 0.15) is 17.3 Å². The van der Waals surface area contributed by atoms with Crippen LogP contribution in [0, 0.1) is 5.82 Å². The number of carbonyl (C=O) groups excluding carboxylic acids is 2. The predicted molar refractivity (Wildman–Crippen MR) is 141 cm³/mol. The number of imide groups is 1. The van der Waals surface area contributed by atoms with Crippen LogP contribution in [-0.4, -0.2) is 75.6 Å². The predicted octanol–water partition coefficient (Wildman–Crippen LogP) is 4.57. The number of nitrogens with zero attached hydrogens (tertiary/aromatic N) is 3. The first-order valence-corrected chi connectivity index (χ1v) is 13.4. The lowest BCUT2D eigenvalue weighted by Gasteiger charge is -2.42. The standard InChI is InChI=1S/C29H33FN4O4/c1-29-17-20-23-21(10-11-22(38-2)24(23)30)31-25(20)26(18-8-6-9-19(35)16-18)34(29)28(37)33(27(29)36)15-7-14-32-12-4-3-5-13-32/h6,8-11,16,26,31,35H,3-5,7,12-15,17H2,1-2H3. The Labute approximate surface area is 221 Å². The summed E-state index contributed by atoms with van der Waals surface area (Å²) in [7, 11) is 1.42. The van der Waals surface area contributed by atoms with Crippen LogP contribution in [0.15, 0.2) is 36.4 Å². The van der Waals surface area contributed by atoms with Gasteiger partial charge in [-0.2, -0.15) is 0 Å². The maximum atomic E-state index is 15.6. The molecule has 0 radical (unpaired) electrons. The molecule has 3 amide bonds. The fraction of sp³-hybridized carbons (Fsp3) is 0.448. The van der Waals surface area contributed by atoms with E-state index in [4.69, 9.17) is 4.74 Å². The summed E-state index contributed by atoms with van der Waals surface area (Å²) >= 11 is 0. The largest absolute Gasteiger partial charge is 0.508 e. The molecule has 200 valence electrons. The van der Waals surface area contributed by atoms with Crippen molar-refractivity contribution in [1.82, 2.24) is 19.7 Å². The number of benzene rings is 2. The first-order chi connectivity index (χ1) is 18.3. The third kappa shape index (κ3) is 3.74. The average Bonchev–Trinajstić information content (AvgIpc) is 3.36. The first kappa shape index (κ1) is 24.7. The van der Waals surface area contributed by atoms with E-state index in [1.165, 1.54) is 31.3 Å². The fourth-order valence-electron chi connectivity index (χ4n) is 6.58. The molecule has 0 saturated carbocycles. The number of hydrogen-bond donors (Lipinski definition) is 2. The number of rotatable bonds is 6. The molecular formula is C29H33FN4O4. The normalized spacial score (nSPS) is 23.7. The minimum absolute atomic E-state index is 0.0525. The van der Waals surface area contributed by atoms with Crippen molar-refractivity contribution in [2.45, 2.75) is 50.6 Å². The highest BCUT2D eigenvalue weighted by molar-refractivity contribution is 6.08. The highest BCUT2D eigenvalue weighted by Crippen LogP contribution is 2.49. The molecule has 4 heterocycles. The number of H-pyrrole nitrogens is 1. The van der Waals surface area contributed by atoms with Crippen LogP contribution >= 0.6 is 0 Å². The molecule has 3 aromatic rings. The number of phenolic OH excluding ortho intramolecular Hbond substituents is 1. The van der Waals surface area contributed by atoms with Crippen molar-refractivity contribution in [3.05, 3.63) is 59.0 Å². The number of amides is 3. The van der Waals surface area contributed by atoms with Gasteiger partial charge in [0.05, 0.1) is 7.11 Å². The molecule has 2 N–H and O–H groups in total. The molecule has 2 aromatic carbocycles. The summed E-state index contributed by atoms with van der Waals surface area (Å²) in [5.74, 6) is -0.593. The Bertz CT molecular complexity index is 1420. The molecule has 0 spiro atoms. The van der Waals surface area contributed by atoms with Gasteiger partial charge in [-0.1, -0.05) is 18.6 Å². The third-order valence-electron chi connectivity index (χ3n) is 8.44. The van der Waals surface area contributed by atoms with Gasteiger partial charge in [-0.15, -0.1) is 0 Å². The molecule has 38 heavy (non-hydrogen) atoms. The lowest BCUT2D eigenvalue weighted by atomic mass is 9.81. The number of carbonyl (C=O) groups is 2. The van der Waals surface area contributed by atoms with Crippen molar-refractivity contribution < 1.29 is 23.8 Å². The van der Waals surface area contributed by atoms with Crippen LogP contribution in [-0.2, 0) is 11.2 Å². The maximum Gasteiger partial charge on any atom is 0.328 e. The van der Waals surface area contributed by atoms with Crippen LogP contribution in [0.4, 0.5) is 9.18 Å². The molecule has 2 unspecified atom stereocenters. The number of nitrogens with one attached hydrogen (secondary N) is 1. The van der Waals surface area contributed by atoms with E-state index in [2.05, 4.69) is 9.88 Å². The van der Waals surface area contributed by atoms with E-state index in [-0.39, 0.29) is 29.9 Å². The van der Waals surface area contributed by atoms with Crippen LogP contribution in [0.2, 0.25) is 0 Å². The second kappa shape index (κ2) is 9.31. The second-order valence-electron chi connectivity index (χ2n) is 10.8. The van der Waals surface area contributed by atoms with Crippen LogP contribution in [0.5, 0.6) is 11.5 Å². The van der Waals surface area contributed by atoms with Crippen molar-refractivity contribution in [2.75, 3.05) is 33.3 Å². The number of likely N-dealkylation sites (tertiary alicyclic amines) is 1. The molecule has 6 rings (SSSR count). The summed E-state index contributed by atoms with van der Waals surface area (Å²) in [5.41, 5.74) is 1.32.